The smallest absolute Gasteiger partial charge is 0.134 e. The van der Waals surface area contributed by atoms with Crippen molar-refractivity contribution >= 4 is 21.7 Å². The van der Waals surface area contributed by atoms with Crippen molar-refractivity contribution in [2.45, 2.75) is 32.2 Å². The molecule has 0 aromatic carbocycles. The van der Waals surface area contributed by atoms with E-state index in [1.807, 2.05) is 19.9 Å². The summed E-state index contributed by atoms with van der Waals surface area (Å²) < 4.78 is 5.86. The Bertz CT molecular complexity index is 368. The molecule has 0 aliphatic heterocycles. The van der Waals surface area contributed by atoms with Crippen molar-refractivity contribution in [2.24, 2.45) is 0 Å². The van der Waals surface area contributed by atoms with Crippen molar-refractivity contribution in [1.82, 2.24) is 9.97 Å². The van der Waals surface area contributed by atoms with Crippen LogP contribution in [0.15, 0.2) is 10.7 Å². The van der Waals surface area contributed by atoms with E-state index in [0.29, 0.717) is 13.0 Å². The highest BCUT2D eigenvalue weighted by Gasteiger charge is 2.11. The molecular formula is C12H20BrN3O2. The number of hydrogen-bond acceptors (Lipinski definition) is 5. The number of anilines is 1. The number of nitrogens with zero attached hydrogens (tertiary/aromatic N) is 2. The highest BCUT2D eigenvalue weighted by atomic mass is 79.9. The van der Waals surface area contributed by atoms with Gasteiger partial charge in [0.2, 0.25) is 0 Å². The second kappa shape index (κ2) is 7.66. The monoisotopic (exact) mass is 317 g/mol. The number of aliphatic hydroxyl groups is 1. The summed E-state index contributed by atoms with van der Waals surface area (Å²) in [5, 5.41) is 12.3. The number of ether oxygens (including phenoxy) is 1. The molecule has 0 bridgehead atoms. The lowest BCUT2D eigenvalue weighted by molar-refractivity contribution is 0.170. The maximum absolute atomic E-state index is 9.00. The summed E-state index contributed by atoms with van der Waals surface area (Å²) in [5.41, 5.74) is 0. The van der Waals surface area contributed by atoms with Crippen LogP contribution in [0.4, 0.5) is 5.82 Å². The van der Waals surface area contributed by atoms with Gasteiger partial charge in [0.1, 0.15) is 16.2 Å². The number of hydrogen-bond donors (Lipinski definition) is 2. The van der Waals surface area contributed by atoms with Gasteiger partial charge in [0.15, 0.2) is 0 Å². The minimum atomic E-state index is 0.0433. The zero-order valence-corrected chi connectivity index (χ0v) is 12.6. The van der Waals surface area contributed by atoms with E-state index in [9.17, 15) is 0 Å². The van der Waals surface area contributed by atoms with E-state index in [-0.39, 0.29) is 18.6 Å². The summed E-state index contributed by atoms with van der Waals surface area (Å²) in [6.07, 6.45) is 0.618. The predicted octanol–water partition coefficient (Wildman–Crippen LogP) is 2.17. The minimum Gasteiger partial charge on any atom is -0.396 e. The van der Waals surface area contributed by atoms with Crippen LogP contribution in [-0.4, -0.2) is 41.4 Å². The molecule has 102 valence electrons. The Morgan fingerprint density at radius 2 is 2.17 bits per heavy atom. The maximum Gasteiger partial charge on any atom is 0.134 e. The van der Waals surface area contributed by atoms with Crippen LogP contribution >= 0.6 is 15.9 Å². The van der Waals surface area contributed by atoms with Gasteiger partial charge in [-0.15, -0.1) is 0 Å². The van der Waals surface area contributed by atoms with Gasteiger partial charge in [-0.25, -0.2) is 9.97 Å². The summed E-state index contributed by atoms with van der Waals surface area (Å²) in [6.45, 7) is 4.74. The molecule has 2 N–H and O–H groups in total. The van der Waals surface area contributed by atoms with E-state index in [1.165, 1.54) is 0 Å². The van der Waals surface area contributed by atoms with Gasteiger partial charge in [-0.3, -0.25) is 0 Å². The van der Waals surface area contributed by atoms with E-state index >= 15 is 0 Å². The molecule has 18 heavy (non-hydrogen) atoms. The summed E-state index contributed by atoms with van der Waals surface area (Å²) in [6, 6.07) is 1.87. The third-order valence-electron chi connectivity index (χ3n) is 2.43. The molecule has 5 nitrogen and oxygen atoms in total. The second-order valence-corrected chi connectivity index (χ2v) is 5.21. The van der Waals surface area contributed by atoms with Crippen LogP contribution in [0, 0.1) is 0 Å². The standard InChI is InChI=1S/C12H20BrN3O2/c1-8(2)12-15-10(13)6-11(16-12)14-9(4-5-17)7-18-3/h6,8-9,17H,4-5,7H2,1-3H3,(H,14,15,16). The second-order valence-electron chi connectivity index (χ2n) is 4.40. The molecule has 1 atom stereocenters. The van der Waals surface area contributed by atoms with E-state index in [1.54, 1.807) is 7.11 Å². The van der Waals surface area contributed by atoms with Gasteiger partial charge < -0.3 is 15.2 Å². The first-order valence-electron chi connectivity index (χ1n) is 5.97. The lowest BCUT2D eigenvalue weighted by atomic mass is 10.2. The number of aromatic nitrogens is 2. The average Bonchev–Trinajstić information content (AvgIpc) is 2.28. The van der Waals surface area contributed by atoms with E-state index in [4.69, 9.17) is 9.84 Å². The van der Waals surface area contributed by atoms with Crippen molar-refractivity contribution in [3.63, 3.8) is 0 Å². The Labute approximate surface area is 116 Å². The molecule has 0 saturated carbocycles. The molecule has 0 spiro atoms. The van der Waals surface area contributed by atoms with Crippen molar-refractivity contribution < 1.29 is 9.84 Å². The fourth-order valence-electron chi connectivity index (χ4n) is 1.53. The zero-order valence-electron chi connectivity index (χ0n) is 11.0. The van der Waals surface area contributed by atoms with Crippen LogP contribution in [0.25, 0.3) is 0 Å². The van der Waals surface area contributed by atoms with Gasteiger partial charge >= 0.3 is 0 Å². The average molecular weight is 318 g/mol. The van der Waals surface area contributed by atoms with Gasteiger partial charge in [-0.05, 0) is 22.4 Å². The molecule has 1 rings (SSSR count). The molecule has 1 heterocycles. The summed E-state index contributed by atoms with van der Waals surface area (Å²) in [5.74, 6) is 1.80. The molecule has 1 aromatic heterocycles. The predicted molar refractivity (Wildman–Crippen MR) is 74.8 cm³/mol. The van der Waals surface area contributed by atoms with Crippen molar-refractivity contribution in [3.8, 4) is 0 Å². The first-order valence-corrected chi connectivity index (χ1v) is 6.77. The van der Waals surface area contributed by atoms with Gasteiger partial charge in [0, 0.05) is 25.7 Å². The number of halogens is 1. The Balaban J connectivity index is 2.81. The van der Waals surface area contributed by atoms with Crippen LogP contribution in [0.5, 0.6) is 0 Å². The molecular weight excluding hydrogens is 298 g/mol. The van der Waals surface area contributed by atoms with Crippen LogP contribution in [0.3, 0.4) is 0 Å². The maximum atomic E-state index is 9.00. The molecule has 0 saturated heterocycles. The largest absolute Gasteiger partial charge is 0.396 e. The molecule has 1 unspecified atom stereocenters. The Morgan fingerprint density at radius 3 is 2.72 bits per heavy atom. The van der Waals surface area contributed by atoms with Crippen molar-refractivity contribution in [2.75, 3.05) is 25.6 Å². The highest BCUT2D eigenvalue weighted by Crippen LogP contribution is 2.18. The van der Waals surface area contributed by atoms with Crippen molar-refractivity contribution in [3.05, 3.63) is 16.5 Å². The SMILES string of the molecule is COCC(CCO)Nc1cc(Br)nc(C(C)C)n1. The van der Waals surface area contributed by atoms with Gasteiger partial charge in [-0.1, -0.05) is 13.8 Å². The Hall–Kier alpha value is -0.720. The molecule has 0 radical (unpaired) electrons. The van der Waals surface area contributed by atoms with Crippen LogP contribution < -0.4 is 5.32 Å². The number of aliphatic hydroxyl groups excluding tert-OH is 1. The summed E-state index contributed by atoms with van der Waals surface area (Å²) >= 11 is 3.38. The van der Waals surface area contributed by atoms with Crippen LogP contribution in [-0.2, 0) is 4.74 Å². The molecule has 0 fully saturated rings. The normalized spacial score (nSPS) is 12.8. The third-order valence-corrected chi connectivity index (χ3v) is 2.83. The summed E-state index contributed by atoms with van der Waals surface area (Å²) in [4.78, 5) is 8.77. The number of methoxy groups -OCH3 is 1. The quantitative estimate of drug-likeness (QED) is 0.754. The number of nitrogens with one attached hydrogen (secondary N) is 1. The highest BCUT2D eigenvalue weighted by molar-refractivity contribution is 9.10. The van der Waals surface area contributed by atoms with Crippen molar-refractivity contribution in [1.29, 1.82) is 0 Å². The first-order chi connectivity index (χ1) is 8.56. The third kappa shape index (κ3) is 4.88. The molecule has 6 heteroatoms. The molecule has 0 aliphatic carbocycles. The molecule has 0 aliphatic rings. The Kier molecular flexibility index (Phi) is 6.52. The first kappa shape index (κ1) is 15.3. The summed E-state index contributed by atoms with van der Waals surface area (Å²) in [7, 11) is 1.64. The van der Waals surface area contributed by atoms with Crippen LogP contribution in [0.1, 0.15) is 32.0 Å². The minimum absolute atomic E-state index is 0.0433. The molecule has 0 amide bonds. The van der Waals surface area contributed by atoms with E-state index < -0.39 is 0 Å². The zero-order chi connectivity index (χ0) is 13.5. The molecule has 1 aromatic rings. The van der Waals surface area contributed by atoms with Crippen LogP contribution in [0.2, 0.25) is 0 Å². The lowest BCUT2D eigenvalue weighted by Gasteiger charge is -2.18. The fraction of sp³-hybridized carbons (Fsp3) is 0.667. The van der Waals surface area contributed by atoms with E-state index in [2.05, 4.69) is 31.2 Å². The number of rotatable bonds is 7. The lowest BCUT2D eigenvalue weighted by Crippen LogP contribution is -2.27. The van der Waals surface area contributed by atoms with Gasteiger partial charge in [0.05, 0.1) is 12.6 Å². The van der Waals surface area contributed by atoms with E-state index in [0.717, 1.165) is 16.2 Å². The van der Waals surface area contributed by atoms with Gasteiger partial charge in [-0.2, -0.15) is 0 Å². The Morgan fingerprint density at radius 1 is 1.44 bits per heavy atom. The van der Waals surface area contributed by atoms with Gasteiger partial charge in [0.25, 0.3) is 0 Å². The topological polar surface area (TPSA) is 67.3 Å². The fourth-order valence-corrected chi connectivity index (χ4v) is 1.93.